The van der Waals surface area contributed by atoms with E-state index < -0.39 is 32.5 Å². The molecule has 0 aliphatic carbocycles. The summed E-state index contributed by atoms with van der Waals surface area (Å²) in [6.45, 7) is 0.0420. The molecule has 1 heterocycles. The van der Waals surface area contributed by atoms with Crippen molar-refractivity contribution in [2.24, 2.45) is 0 Å². The summed E-state index contributed by atoms with van der Waals surface area (Å²) in [6.07, 6.45) is -4.48. The number of nitrogens with zero attached hydrogens (tertiary/aromatic N) is 3. The standard InChI is InChI=1S/C21H23F4N3O3S/c1-26(14-16-6-2-3-7-17(16)21(23,24)25)15-20(29)27-10-12-28(13-11-27)32(30,31)19-9-5-4-8-18(19)22/h2-9H,10-15H2,1H3. The largest absolute Gasteiger partial charge is 0.416 e. The maximum absolute atomic E-state index is 13.9. The van der Waals surface area contributed by atoms with Crippen LogP contribution >= 0.6 is 0 Å². The van der Waals surface area contributed by atoms with Crippen LogP contribution in [0.1, 0.15) is 11.1 Å². The third kappa shape index (κ3) is 5.45. The maximum Gasteiger partial charge on any atom is 0.416 e. The van der Waals surface area contributed by atoms with Crippen LogP contribution in [0, 0.1) is 5.82 Å². The normalized spacial score (nSPS) is 15.9. The second kappa shape index (κ2) is 9.55. The van der Waals surface area contributed by atoms with Gasteiger partial charge < -0.3 is 4.90 Å². The van der Waals surface area contributed by atoms with Crippen LogP contribution in [-0.2, 0) is 27.5 Å². The minimum Gasteiger partial charge on any atom is -0.339 e. The van der Waals surface area contributed by atoms with Crippen molar-refractivity contribution in [2.45, 2.75) is 17.6 Å². The lowest BCUT2D eigenvalue weighted by atomic mass is 10.1. The lowest BCUT2D eigenvalue weighted by Gasteiger charge is -2.35. The average Bonchev–Trinajstić information content (AvgIpc) is 2.73. The molecule has 2 aromatic rings. The Bertz CT molecular complexity index is 1070. The van der Waals surface area contributed by atoms with Gasteiger partial charge in [-0.3, -0.25) is 9.69 Å². The van der Waals surface area contributed by atoms with Crippen molar-refractivity contribution < 1.29 is 30.8 Å². The SMILES string of the molecule is CN(CC(=O)N1CCN(S(=O)(=O)c2ccccc2F)CC1)Cc1ccccc1C(F)(F)F. The van der Waals surface area contributed by atoms with Crippen molar-refractivity contribution in [3.63, 3.8) is 0 Å². The number of piperazine rings is 1. The molecule has 174 valence electrons. The first-order chi connectivity index (χ1) is 15.0. The number of amides is 1. The van der Waals surface area contributed by atoms with Crippen LogP contribution in [0.2, 0.25) is 0 Å². The van der Waals surface area contributed by atoms with Crippen LogP contribution in [0.3, 0.4) is 0 Å². The predicted octanol–water partition coefficient (Wildman–Crippen LogP) is 2.81. The molecule has 1 aliphatic heterocycles. The van der Waals surface area contributed by atoms with E-state index in [-0.39, 0.29) is 50.7 Å². The highest BCUT2D eigenvalue weighted by molar-refractivity contribution is 7.89. The second-order valence-corrected chi connectivity index (χ2v) is 9.45. The zero-order valence-corrected chi connectivity index (χ0v) is 18.2. The van der Waals surface area contributed by atoms with E-state index in [1.165, 1.54) is 46.2 Å². The first-order valence-electron chi connectivity index (χ1n) is 9.86. The van der Waals surface area contributed by atoms with E-state index in [0.717, 1.165) is 16.4 Å². The Balaban J connectivity index is 1.58. The topological polar surface area (TPSA) is 60.9 Å². The Labute approximate surface area is 184 Å². The molecule has 0 aromatic heterocycles. The summed E-state index contributed by atoms with van der Waals surface area (Å²) >= 11 is 0. The van der Waals surface area contributed by atoms with Gasteiger partial charge in [-0.1, -0.05) is 30.3 Å². The highest BCUT2D eigenvalue weighted by Crippen LogP contribution is 2.32. The summed E-state index contributed by atoms with van der Waals surface area (Å²) in [7, 11) is -2.48. The van der Waals surface area contributed by atoms with E-state index >= 15 is 0 Å². The van der Waals surface area contributed by atoms with E-state index in [0.29, 0.717) is 0 Å². The number of benzene rings is 2. The van der Waals surface area contributed by atoms with Gasteiger partial charge in [0, 0.05) is 32.7 Å². The number of hydrogen-bond acceptors (Lipinski definition) is 4. The average molecular weight is 473 g/mol. The monoisotopic (exact) mass is 473 g/mol. The van der Waals surface area contributed by atoms with Gasteiger partial charge in [-0.15, -0.1) is 0 Å². The summed E-state index contributed by atoms with van der Waals surface area (Å²) in [5, 5.41) is 0. The Hall–Kier alpha value is -2.50. The summed E-state index contributed by atoms with van der Waals surface area (Å²) in [5.41, 5.74) is -0.678. The molecule has 0 radical (unpaired) electrons. The Morgan fingerprint density at radius 3 is 2.22 bits per heavy atom. The van der Waals surface area contributed by atoms with Gasteiger partial charge in [0.2, 0.25) is 15.9 Å². The van der Waals surface area contributed by atoms with E-state index in [2.05, 4.69) is 0 Å². The molecule has 1 amide bonds. The zero-order valence-electron chi connectivity index (χ0n) is 17.3. The van der Waals surface area contributed by atoms with Crippen molar-refractivity contribution in [1.82, 2.24) is 14.1 Å². The molecule has 0 unspecified atom stereocenters. The van der Waals surface area contributed by atoms with E-state index in [1.807, 2.05) is 0 Å². The molecule has 0 atom stereocenters. The van der Waals surface area contributed by atoms with Gasteiger partial charge in [-0.25, -0.2) is 12.8 Å². The molecular formula is C21H23F4N3O3S. The minimum absolute atomic E-state index is 0.00300. The van der Waals surface area contributed by atoms with Crippen molar-refractivity contribution in [1.29, 1.82) is 0 Å². The number of carbonyl (C=O) groups is 1. The summed E-state index contributed by atoms with van der Waals surface area (Å²) in [5.74, 6) is -1.16. The van der Waals surface area contributed by atoms with E-state index in [4.69, 9.17) is 0 Å². The van der Waals surface area contributed by atoms with Gasteiger partial charge in [-0.2, -0.15) is 17.5 Å². The molecule has 0 bridgehead atoms. The number of carbonyl (C=O) groups excluding carboxylic acids is 1. The number of likely N-dealkylation sites (N-methyl/N-ethyl adjacent to an activating group) is 1. The van der Waals surface area contributed by atoms with Crippen molar-refractivity contribution >= 4 is 15.9 Å². The van der Waals surface area contributed by atoms with Gasteiger partial charge in [-0.05, 0) is 30.8 Å². The predicted molar refractivity (Wildman–Crippen MR) is 110 cm³/mol. The van der Waals surface area contributed by atoms with E-state index in [9.17, 15) is 30.8 Å². The number of alkyl halides is 3. The smallest absolute Gasteiger partial charge is 0.339 e. The molecule has 2 aromatic carbocycles. The van der Waals surface area contributed by atoms with Gasteiger partial charge in [0.25, 0.3) is 0 Å². The highest BCUT2D eigenvalue weighted by atomic mass is 32.2. The zero-order chi connectivity index (χ0) is 23.5. The van der Waals surface area contributed by atoms with Crippen molar-refractivity contribution in [3.8, 4) is 0 Å². The number of halogens is 4. The van der Waals surface area contributed by atoms with Gasteiger partial charge >= 0.3 is 6.18 Å². The Kier molecular flexibility index (Phi) is 7.21. The molecule has 3 rings (SSSR count). The summed E-state index contributed by atoms with van der Waals surface area (Å²) in [4.78, 5) is 15.1. The fourth-order valence-electron chi connectivity index (χ4n) is 3.58. The molecule has 11 heteroatoms. The first-order valence-corrected chi connectivity index (χ1v) is 11.3. The minimum atomic E-state index is -4.48. The quantitative estimate of drug-likeness (QED) is 0.606. The molecular weight excluding hydrogens is 450 g/mol. The first kappa shape index (κ1) is 24.1. The Morgan fingerprint density at radius 2 is 1.59 bits per heavy atom. The summed E-state index contributed by atoms with van der Waals surface area (Å²) < 4.78 is 79.9. The van der Waals surface area contributed by atoms with Crippen molar-refractivity contribution in [2.75, 3.05) is 39.8 Å². The van der Waals surface area contributed by atoms with Crippen LogP contribution in [0.5, 0.6) is 0 Å². The van der Waals surface area contributed by atoms with Crippen LogP contribution in [0.4, 0.5) is 17.6 Å². The van der Waals surface area contributed by atoms with Crippen LogP contribution < -0.4 is 0 Å². The number of rotatable bonds is 6. The van der Waals surface area contributed by atoms with E-state index in [1.54, 1.807) is 7.05 Å². The fourth-order valence-corrected chi connectivity index (χ4v) is 5.07. The lowest BCUT2D eigenvalue weighted by molar-refractivity contribution is -0.138. The molecule has 0 N–H and O–H groups in total. The second-order valence-electron chi connectivity index (χ2n) is 7.54. The lowest BCUT2D eigenvalue weighted by Crippen LogP contribution is -2.52. The van der Waals surface area contributed by atoms with Crippen LogP contribution in [0.15, 0.2) is 53.4 Å². The van der Waals surface area contributed by atoms with Gasteiger partial charge in [0.05, 0.1) is 12.1 Å². The molecule has 32 heavy (non-hydrogen) atoms. The maximum atomic E-state index is 13.9. The Morgan fingerprint density at radius 1 is 1.00 bits per heavy atom. The highest BCUT2D eigenvalue weighted by Gasteiger charge is 2.34. The number of hydrogen-bond donors (Lipinski definition) is 0. The molecule has 1 fully saturated rings. The van der Waals surface area contributed by atoms with Gasteiger partial charge in [0.1, 0.15) is 10.7 Å². The van der Waals surface area contributed by atoms with Crippen molar-refractivity contribution in [3.05, 3.63) is 65.5 Å². The molecule has 1 aliphatic rings. The molecule has 0 saturated carbocycles. The molecule has 1 saturated heterocycles. The fraction of sp³-hybridized carbons (Fsp3) is 0.381. The number of sulfonamides is 1. The van der Waals surface area contributed by atoms with Gasteiger partial charge in [0.15, 0.2) is 0 Å². The third-order valence-electron chi connectivity index (χ3n) is 5.21. The molecule has 6 nitrogen and oxygen atoms in total. The third-order valence-corrected chi connectivity index (χ3v) is 7.15. The summed E-state index contributed by atoms with van der Waals surface area (Å²) in [6, 6.07) is 10.3. The van der Waals surface area contributed by atoms with Crippen LogP contribution in [0.25, 0.3) is 0 Å². The van der Waals surface area contributed by atoms with Crippen LogP contribution in [-0.4, -0.2) is 68.2 Å². The molecule has 0 spiro atoms.